The summed E-state index contributed by atoms with van der Waals surface area (Å²) in [5.41, 5.74) is 0.209. The van der Waals surface area contributed by atoms with E-state index in [1.807, 2.05) is 0 Å². The van der Waals surface area contributed by atoms with Crippen LogP contribution in [0.5, 0.6) is 0 Å². The van der Waals surface area contributed by atoms with E-state index < -0.39 is 0 Å². The van der Waals surface area contributed by atoms with Gasteiger partial charge in [0.1, 0.15) is 0 Å². The van der Waals surface area contributed by atoms with Crippen LogP contribution in [0.15, 0.2) is 18.2 Å². The number of nitrogens with one attached hydrogen (secondary N) is 2. The van der Waals surface area contributed by atoms with E-state index in [4.69, 9.17) is 33.0 Å². The van der Waals surface area contributed by atoms with Gasteiger partial charge in [-0.15, -0.1) is 0 Å². The second-order valence-electron chi connectivity index (χ2n) is 5.40. The third-order valence-corrected chi connectivity index (χ3v) is 4.50. The summed E-state index contributed by atoms with van der Waals surface area (Å²) < 4.78 is 5.74. The maximum Gasteiger partial charge on any atom is 0.319 e. The maximum atomic E-state index is 12.0. The first-order valence-corrected chi connectivity index (χ1v) is 8.05. The standard InChI is InChI=1S/C15H20Cl2N2O3/c16-12-4-3-11(9-13(12)17)19-14(21)18-10-15(22-8-7-20)5-1-2-6-15/h3-4,9,20H,1-2,5-8,10H2,(H2,18,19,21). The van der Waals surface area contributed by atoms with Gasteiger partial charge >= 0.3 is 6.03 Å². The summed E-state index contributed by atoms with van der Waals surface area (Å²) in [6.45, 7) is 0.688. The topological polar surface area (TPSA) is 70.6 Å². The maximum absolute atomic E-state index is 12.0. The van der Waals surface area contributed by atoms with Crippen LogP contribution in [-0.2, 0) is 4.74 Å². The highest BCUT2D eigenvalue weighted by atomic mass is 35.5. The normalized spacial score (nSPS) is 16.5. The molecule has 0 aliphatic heterocycles. The van der Waals surface area contributed by atoms with Gasteiger partial charge in [0.05, 0.1) is 28.9 Å². The van der Waals surface area contributed by atoms with Crippen molar-refractivity contribution in [2.75, 3.05) is 25.1 Å². The summed E-state index contributed by atoms with van der Waals surface area (Å²) in [6.07, 6.45) is 3.92. The van der Waals surface area contributed by atoms with Crippen LogP contribution in [0.25, 0.3) is 0 Å². The van der Waals surface area contributed by atoms with Crippen LogP contribution >= 0.6 is 23.2 Å². The second-order valence-corrected chi connectivity index (χ2v) is 6.21. The largest absolute Gasteiger partial charge is 0.394 e. The van der Waals surface area contributed by atoms with Crippen LogP contribution in [-0.4, -0.2) is 36.5 Å². The molecule has 0 radical (unpaired) electrons. The number of hydrogen-bond donors (Lipinski definition) is 3. The van der Waals surface area contributed by atoms with Gasteiger partial charge in [0.25, 0.3) is 0 Å². The number of aliphatic hydroxyl groups is 1. The Hall–Kier alpha value is -1.01. The third kappa shape index (κ3) is 4.74. The molecule has 2 amide bonds. The molecule has 5 nitrogen and oxygen atoms in total. The SMILES string of the molecule is O=C(NCC1(OCCO)CCCC1)Nc1ccc(Cl)c(Cl)c1. The van der Waals surface area contributed by atoms with Crippen LogP contribution < -0.4 is 10.6 Å². The lowest BCUT2D eigenvalue weighted by Gasteiger charge is -2.29. The number of urea groups is 1. The fraction of sp³-hybridized carbons (Fsp3) is 0.533. The van der Waals surface area contributed by atoms with Gasteiger partial charge in [-0.1, -0.05) is 36.0 Å². The number of ether oxygens (including phenoxy) is 1. The molecule has 22 heavy (non-hydrogen) atoms. The van der Waals surface area contributed by atoms with Crippen LogP contribution in [0.1, 0.15) is 25.7 Å². The molecule has 122 valence electrons. The fourth-order valence-electron chi connectivity index (χ4n) is 2.64. The molecule has 0 atom stereocenters. The number of benzene rings is 1. The van der Waals surface area contributed by atoms with Crippen molar-refractivity contribution in [1.29, 1.82) is 0 Å². The Kier molecular flexibility index (Phi) is 6.32. The first-order valence-electron chi connectivity index (χ1n) is 7.29. The molecule has 0 unspecified atom stereocenters. The number of amides is 2. The number of aliphatic hydroxyl groups excluding tert-OH is 1. The number of carbonyl (C=O) groups is 1. The first-order chi connectivity index (χ1) is 10.5. The van der Waals surface area contributed by atoms with Crippen molar-refractivity contribution >= 4 is 34.9 Å². The molecule has 0 bridgehead atoms. The Bertz CT molecular complexity index is 520. The van der Waals surface area contributed by atoms with Gasteiger partial charge in [0, 0.05) is 12.2 Å². The van der Waals surface area contributed by atoms with E-state index in [1.54, 1.807) is 18.2 Å². The Morgan fingerprint density at radius 1 is 1.27 bits per heavy atom. The molecule has 2 rings (SSSR count). The molecule has 0 aromatic heterocycles. The van der Waals surface area contributed by atoms with Crippen LogP contribution in [0.3, 0.4) is 0 Å². The molecule has 7 heteroatoms. The van der Waals surface area contributed by atoms with Crippen molar-refractivity contribution < 1.29 is 14.6 Å². The van der Waals surface area contributed by atoms with Crippen molar-refractivity contribution in [1.82, 2.24) is 5.32 Å². The minimum atomic E-state index is -0.363. The quantitative estimate of drug-likeness (QED) is 0.738. The van der Waals surface area contributed by atoms with Gasteiger partial charge < -0.3 is 20.5 Å². The molecule has 3 N–H and O–H groups in total. The smallest absolute Gasteiger partial charge is 0.319 e. The highest BCUT2D eigenvalue weighted by Crippen LogP contribution is 2.32. The highest BCUT2D eigenvalue weighted by Gasteiger charge is 2.35. The zero-order valence-electron chi connectivity index (χ0n) is 12.2. The Balaban J connectivity index is 1.86. The van der Waals surface area contributed by atoms with Gasteiger partial charge in [0.15, 0.2) is 0 Å². The molecule has 1 aliphatic rings. The molecule has 0 spiro atoms. The molecule has 1 fully saturated rings. The van der Waals surface area contributed by atoms with E-state index in [9.17, 15) is 4.79 Å². The zero-order chi connectivity index (χ0) is 16.0. The third-order valence-electron chi connectivity index (χ3n) is 3.76. The molecule has 1 aromatic rings. The van der Waals surface area contributed by atoms with Crippen molar-refractivity contribution in [3.8, 4) is 0 Å². The number of carbonyl (C=O) groups excluding carboxylic acids is 1. The van der Waals surface area contributed by atoms with E-state index in [0.717, 1.165) is 25.7 Å². The molecule has 1 aromatic carbocycles. The molecule has 0 heterocycles. The fourth-order valence-corrected chi connectivity index (χ4v) is 2.94. The van der Waals surface area contributed by atoms with Crippen molar-refractivity contribution in [3.05, 3.63) is 28.2 Å². The highest BCUT2D eigenvalue weighted by molar-refractivity contribution is 6.42. The number of hydrogen-bond acceptors (Lipinski definition) is 3. The van der Waals surface area contributed by atoms with E-state index >= 15 is 0 Å². The summed E-state index contributed by atoms with van der Waals surface area (Å²) in [5, 5.41) is 15.3. The number of halogens is 2. The number of anilines is 1. The van der Waals surface area contributed by atoms with Crippen molar-refractivity contribution in [3.63, 3.8) is 0 Å². The molecular weight excluding hydrogens is 327 g/mol. The first kappa shape index (κ1) is 17.3. The summed E-state index contributed by atoms with van der Waals surface area (Å²) in [5.74, 6) is 0. The monoisotopic (exact) mass is 346 g/mol. The summed E-state index contributed by atoms with van der Waals surface area (Å²) in [7, 11) is 0. The predicted octanol–water partition coefficient (Wildman–Crippen LogP) is 3.44. The average Bonchev–Trinajstić information content (AvgIpc) is 2.96. The zero-order valence-corrected chi connectivity index (χ0v) is 13.7. The summed E-state index contributed by atoms with van der Waals surface area (Å²) >= 11 is 11.7. The van der Waals surface area contributed by atoms with Gasteiger partial charge in [0.2, 0.25) is 0 Å². The van der Waals surface area contributed by atoms with Crippen LogP contribution in [0, 0.1) is 0 Å². The average molecular weight is 347 g/mol. The lowest BCUT2D eigenvalue weighted by atomic mass is 10.0. The van der Waals surface area contributed by atoms with Crippen molar-refractivity contribution in [2.24, 2.45) is 0 Å². The van der Waals surface area contributed by atoms with Gasteiger partial charge in [-0.25, -0.2) is 4.79 Å². The van der Waals surface area contributed by atoms with Gasteiger partial charge in [-0.2, -0.15) is 0 Å². The number of rotatable bonds is 6. The lowest BCUT2D eigenvalue weighted by Crippen LogP contribution is -2.45. The van der Waals surface area contributed by atoms with Gasteiger partial charge in [-0.3, -0.25) is 0 Å². The van der Waals surface area contributed by atoms with Crippen LogP contribution in [0.2, 0.25) is 10.0 Å². The summed E-state index contributed by atoms with van der Waals surface area (Å²) in [6, 6.07) is 4.58. The van der Waals surface area contributed by atoms with Gasteiger partial charge in [-0.05, 0) is 31.0 Å². The minimum absolute atomic E-state index is 0.0166. The Morgan fingerprint density at radius 3 is 2.64 bits per heavy atom. The molecular formula is C15H20Cl2N2O3. The predicted molar refractivity (Wildman–Crippen MR) is 87.7 cm³/mol. The van der Waals surface area contributed by atoms with E-state index in [0.29, 0.717) is 22.3 Å². The molecule has 1 aliphatic carbocycles. The summed E-state index contributed by atoms with van der Waals surface area (Å²) in [4.78, 5) is 12.0. The van der Waals surface area contributed by atoms with E-state index in [-0.39, 0.29) is 24.8 Å². The lowest BCUT2D eigenvalue weighted by molar-refractivity contribution is -0.0503. The van der Waals surface area contributed by atoms with Crippen molar-refractivity contribution in [2.45, 2.75) is 31.3 Å². The molecule has 0 saturated heterocycles. The van der Waals surface area contributed by atoms with E-state index in [2.05, 4.69) is 10.6 Å². The Morgan fingerprint density at radius 2 is 2.00 bits per heavy atom. The molecule has 1 saturated carbocycles. The van der Waals surface area contributed by atoms with Crippen LogP contribution in [0.4, 0.5) is 10.5 Å². The Labute approximate surface area is 139 Å². The minimum Gasteiger partial charge on any atom is -0.394 e. The second kappa shape index (κ2) is 8.02. The van der Waals surface area contributed by atoms with E-state index in [1.165, 1.54) is 0 Å².